The molecule has 8 heteroatoms. The summed E-state index contributed by atoms with van der Waals surface area (Å²) in [5.74, 6) is -3.69. The van der Waals surface area contributed by atoms with Gasteiger partial charge in [-0.1, -0.05) is 40.2 Å². The molecule has 0 bridgehead atoms. The monoisotopic (exact) mass is 567 g/mol. The van der Waals surface area contributed by atoms with Crippen molar-refractivity contribution < 1.29 is 28.6 Å². The van der Waals surface area contributed by atoms with Crippen LogP contribution in [-0.2, 0) is 23.9 Å². The summed E-state index contributed by atoms with van der Waals surface area (Å²) in [5.41, 5.74) is 3.08. The maximum Gasteiger partial charge on any atom is 0.336 e. The highest BCUT2D eigenvalue weighted by atomic mass is 79.9. The molecule has 0 radical (unpaired) electrons. The summed E-state index contributed by atoms with van der Waals surface area (Å²) < 4.78 is 17.0. The molecule has 2 aromatic rings. The number of carbonyl (C=O) groups is 3. The number of hydrogen-bond acceptors (Lipinski definition) is 7. The highest BCUT2D eigenvalue weighted by Gasteiger charge is 2.53. The molecule has 194 valence electrons. The van der Waals surface area contributed by atoms with Crippen LogP contribution < -0.4 is 4.74 Å². The van der Waals surface area contributed by atoms with Crippen molar-refractivity contribution in [3.8, 4) is 5.75 Å². The van der Waals surface area contributed by atoms with Crippen molar-refractivity contribution in [2.45, 2.75) is 39.0 Å². The number of allylic oxidation sites excluding steroid dienone is 1. The van der Waals surface area contributed by atoms with Crippen molar-refractivity contribution in [2.75, 3.05) is 20.3 Å². The number of methoxy groups -OCH3 is 1. The molecule has 0 spiro atoms. The number of esters is 2. The zero-order chi connectivity index (χ0) is 26.7. The van der Waals surface area contributed by atoms with Crippen LogP contribution in [0.15, 0.2) is 69.3 Å². The molecule has 2 aliphatic rings. The van der Waals surface area contributed by atoms with Gasteiger partial charge in [0.25, 0.3) is 0 Å². The normalized spacial score (nSPS) is 23.2. The molecule has 0 aromatic heterocycles. The minimum absolute atomic E-state index is 0.155. The van der Waals surface area contributed by atoms with Gasteiger partial charge in [0.05, 0.1) is 31.8 Å². The summed E-state index contributed by atoms with van der Waals surface area (Å²) in [6, 6.07) is 14.9. The molecule has 0 saturated heterocycles. The number of fused-ring (bicyclic) bond motifs is 1. The molecule has 0 N–H and O–H groups in total. The number of aliphatic imine (C=N–C) groups is 1. The Hall–Kier alpha value is -3.26. The summed E-state index contributed by atoms with van der Waals surface area (Å²) in [7, 11) is 1.57. The highest BCUT2D eigenvalue weighted by Crippen LogP contribution is 2.48. The standard InChI is InChI=1S/C29H30BrNO6/c1-5-36-28(33)23-16(3)31-22-15-21(18-8-7-9-20(14-18)35-4)25(29(34)37-6-2)27(32)26(22)24(23)17-10-12-19(30)13-11-17/h7-14,21,24-26H,5-6,15H2,1-4H3/t21-,24-,25-,26?/m1/s1. The number of ketones is 1. The second kappa shape index (κ2) is 11.4. The number of Topliss-reactive ketones (excluding diaryl/α,β-unsaturated/α-hetero) is 1. The van der Waals surface area contributed by atoms with Crippen molar-refractivity contribution >= 4 is 39.4 Å². The molecule has 2 aromatic carbocycles. The lowest BCUT2D eigenvalue weighted by atomic mass is 9.62. The molecule has 1 heterocycles. The lowest BCUT2D eigenvalue weighted by Crippen LogP contribution is -2.48. The minimum atomic E-state index is -1.05. The van der Waals surface area contributed by atoms with Gasteiger partial charge in [0.1, 0.15) is 11.7 Å². The summed E-state index contributed by atoms with van der Waals surface area (Å²) >= 11 is 3.46. The van der Waals surface area contributed by atoms with Gasteiger partial charge in [-0.05, 0) is 62.6 Å². The number of nitrogens with zero attached hydrogens (tertiary/aromatic N) is 1. The van der Waals surface area contributed by atoms with Gasteiger partial charge in [-0.15, -0.1) is 0 Å². The van der Waals surface area contributed by atoms with Crippen molar-refractivity contribution in [1.29, 1.82) is 0 Å². The van der Waals surface area contributed by atoms with E-state index in [4.69, 9.17) is 19.2 Å². The van der Waals surface area contributed by atoms with E-state index < -0.39 is 35.6 Å². The van der Waals surface area contributed by atoms with Crippen LogP contribution in [0.1, 0.15) is 50.2 Å². The van der Waals surface area contributed by atoms with Gasteiger partial charge in [0.15, 0.2) is 5.78 Å². The van der Waals surface area contributed by atoms with Gasteiger partial charge in [0, 0.05) is 27.7 Å². The second-order valence-corrected chi connectivity index (χ2v) is 9.96. The first-order valence-electron chi connectivity index (χ1n) is 12.4. The number of halogens is 1. The van der Waals surface area contributed by atoms with Crippen LogP contribution in [0.3, 0.4) is 0 Å². The fraction of sp³-hybridized carbons (Fsp3) is 0.379. The van der Waals surface area contributed by atoms with Gasteiger partial charge in [0.2, 0.25) is 0 Å². The summed E-state index contributed by atoms with van der Waals surface area (Å²) in [5, 5.41) is 0. The van der Waals surface area contributed by atoms with Gasteiger partial charge in [-0.25, -0.2) is 4.79 Å². The number of ether oxygens (including phenoxy) is 3. The van der Waals surface area contributed by atoms with Crippen LogP contribution in [-0.4, -0.2) is 43.8 Å². The molecule has 1 saturated carbocycles. The van der Waals surface area contributed by atoms with E-state index in [1.807, 2.05) is 48.5 Å². The molecule has 1 unspecified atom stereocenters. The molecule has 1 fully saturated rings. The lowest BCUT2D eigenvalue weighted by molar-refractivity contribution is -0.153. The SMILES string of the molecule is CCOC(=O)C1=C(C)N=C2C[C@H](c3cccc(OC)c3)[C@@H](C(=O)OCC)C(=O)C2[C@@H]1c1ccc(Br)cc1. The Morgan fingerprint density at radius 3 is 2.35 bits per heavy atom. The summed E-state index contributed by atoms with van der Waals surface area (Å²) in [6.07, 6.45) is 0.369. The van der Waals surface area contributed by atoms with Gasteiger partial charge in [-0.3, -0.25) is 14.6 Å². The molecule has 4 atom stereocenters. The minimum Gasteiger partial charge on any atom is -0.497 e. The molecule has 7 nitrogen and oxygen atoms in total. The van der Waals surface area contributed by atoms with Gasteiger partial charge >= 0.3 is 11.9 Å². The number of carbonyl (C=O) groups excluding carboxylic acids is 3. The first-order valence-corrected chi connectivity index (χ1v) is 13.1. The Balaban J connectivity index is 1.89. The zero-order valence-corrected chi connectivity index (χ0v) is 22.9. The van der Waals surface area contributed by atoms with Crippen LogP contribution in [0, 0.1) is 11.8 Å². The predicted molar refractivity (Wildman–Crippen MR) is 143 cm³/mol. The number of hydrogen-bond donors (Lipinski definition) is 0. The highest BCUT2D eigenvalue weighted by molar-refractivity contribution is 9.10. The lowest BCUT2D eigenvalue weighted by Gasteiger charge is -2.41. The fourth-order valence-electron chi connectivity index (χ4n) is 5.37. The Bertz CT molecular complexity index is 1270. The topological polar surface area (TPSA) is 91.3 Å². The Morgan fingerprint density at radius 1 is 1.00 bits per heavy atom. The van der Waals surface area contributed by atoms with E-state index in [-0.39, 0.29) is 19.0 Å². The average molecular weight is 568 g/mol. The van der Waals surface area contributed by atoms with Crippen molar-refractivity contribution in [3.63, 3.8) is 0 Å². The maximum absolute atomic E-state index is 14.3. The van der Waals surface area contributed by atoms with Crippen LogP contribution in [0.4, 0.5) is 0 Å². The summed E-state index contributed by atoms with van der Waals surface area (Å²) in [4.78, 5) is 45.5. The molecule has 37 heavy (non-hydrogen) atoms. The van der Waals surface area contributed by atoms with Gasteiger partial charge in [-0.2, -0.15) is 0 Å². The molecule has 4 rings (SSSR count). The number of benzene rings is 2. The zero-order valence-electron chi connectivity index (χ0n) is 21.3. The van der Waals surface area contributed by atoms with E-state index in [0.29, 0.717) is 29.2 Å². The molecular formula is C29H30BrNO6. The smallest absolute Gasteiger partial charge is 0.336 e. The predicted octanol–water partition coefficient (Wildman–Crippen LogP) is 5.39. The quantitative estimate of drug-likeness (QED) is 0.329. The Labute approximate surface area is 225 Å². The van der Waals surface area contributed by atoms with Crippen molar-refractivity contribution in [1.82, 2.24) is 0 Å². The van der Waals surface area contributed by atoms with Crippen LogP contribution >= 0.6 is 15.9 Å². The number of rotatable bonds is 7. The Morgan fingerprint density at radius 2 is 1.70 bits per heavy atom. The van der Waals surface area contributed by atoms with Crippen molar-refractivity contribution in [3.05, 3.63) is 75.4 Å². The maximum atomic E-state index is 14.3. The first-order chi connectivity index (χ1) is 17.8. The van der Waals surface area contributed by atoms with E-state index >= 15 is 0 Å². The third kappa shape index (κ3) is 5.25. The Kier molecular flexibility index (Phi) is 8.27. The molecule has 0 amide bonds. The van der Waals surface area contributed by atoms with Crippen LogP contribution in [0.25, 0.3) is 0 Å². The third-order valence-electron chi connectivity index (χ3n) is 6.94. The molecule has 1 aliphatic carbocycles. The largest absolute Gasteiger partial charge is 0.497 e. The van der Waals surface area contributed by atoms with Crippen LogP contribution in [0.2, 0.25) is 0 Å². The third-order valence-corrected chi connectivity index (χ3v) is 7.46. The molecule has 1 aliphatic heterocycles. The van der Waals surface area contributed by atoms with E-state index in [1.54, 1.807) is 27.9 Å². The first kappa shape index (κ1) is 26.8. The fourth-order valence-corrected chi connectivity index (χ4v) is 5.64. The second-order valence-electron chi connectivity index (χ2n) is 9.05. The van der Waals surface area contributed by atoms with Crippen molar-refractivity contribution in [2.24, 2.45) is 16.8 Å². The van der Waals surface area contributed by atoms with E-state index in [9.17, 15) is 14.4 Å². The van der Waals surface area contributed by atoms with Crippen LogP contribution in [0.5, 0.6) is 5.75 Å². The van der Waals surface area contributed by atoms with E-state index in [0.717, 1.165) is 15.6 Å². The van der Waals surface area contributed by atoms with Gasteiger partial charge < -0.3 is 14.2 Å². The summed E-state index contributed by atoms with van der Waals surface area (Å²) in [6.45, 7) is 5.57. The van der Waals surface area contributed by atoms with E-state index in [1.165, 1.54) is 0 Å². The molecular weight excluding hydrogens is 538 g/mol. The average Bonchev–Trinajstić information content (AvgIpc) is 2.88. The van der Waals surface area contributed by atoms with E-state index in [2.05, 4.69) is 15.9 Å².